The van der Waals surface area contributed by atoms with Gasteiger partial charge in [0.1, 0.15) is 35.9 Å². The van der Waals surface area contributed by atoms with E-state index in [1.54, 1.807) is 65.0 Å². The smallest absolute Gasteiger partial charge is 0.408 e. The number of rotatable bonds is 18. The molecule has 0 aliphatic carbocycles. The van der Waals surface area contributed by atoms with Crippen LogP contribution in [0, 0.1) is 5.92 Å². The summed E-state index contributed by atoms with van der Waals surface area (Å²) in [7, 11) is 0. The molecule has 0 saturated carbocycles. The highest BCUT2D eigenvalue weighted by Gasteiger charge is 2.43. The summed E-state index contributed by atoms with van der Waals surface area (Å²) >= 11 is 0. The number of benzene rings is 2. The molecule has 3 rings (SSSR count). The number of amides is 4. The van der Waals surface area contributed by atoms with Crippen molar-refractivity contribution in [2.75, 3.05) is 13.2 Å². The van der Waals surface area contributed by atoms with Crippen LogP contribution in [-0.2, 0) is 40.0 Å². The normalized spacial score (nSPS) is 16.9. The minimum absolute atomic E-state index is 0.0871. The molecule has 0 radical (unpaired) electrons. The molecule has 13 nitrogen and oxygen atoms in total. The van der Waals surface area contributed by atoms with E-state index in [0.717, 1.165) is 5.56 Å². The molecule has 54 heavy (non-hydrogen) atoms. The van der Waals surface area contributed by atoms with E-state index in [9.17, 15) is 28.8 Å². The van der Waals surface area contributed by atoms with Crippen LogP contribution in [0.2, 0.25) is 0 Å². The maximum absolute atomic E-state index is 14.1. The quantitative estimate of drug-likeness (QED) is 0.102. The fraction of sp³-hybridized carbons (Fsp3) is 0.561. The highest BCUT2D eigenvalue weighted by Crippen LogP contribution is 2.24. The van der Waals surface area contributed by atoms with Crippen molar-refractivity contribution in [1.82, 2.24) is 20.9 Å². The number of carbonyl (C=O) groups is 6. The van der Waals surface area contributed by atoms with Crippen molar-refractivity contribution in [2.24, 2.45) is 5.92 Å². The van der Waals surface area contributed by atoms with Gasteiger partial charge in [-0.1, -0.05) is 75.7 Å². The Kier molecular flexibility index (Phi) is 16.5. The van der Waals surface area contributed by atoms with Gasteiger partial charge in [-0.3, -0.25) is 14.4 Å². The van der Waals surface area contributed by atoms with Crippen LogP contribution in [0.25, 0.3) is 0 Å². The minimum atomic E-state index is -1.47. The first-order valence-corrected chi connectivity index (χ1v) is 18.9. The molecule has 1 saturated heterocycles. The lowest BCUT2D eigenvalue weighted by Gasteiger charge is -2.35. The molecule has 296 valence electrons. The lowest BCUT2D eigenvalue weighted by molar-refractivity contribution is -0.155. The summed E-state index contributed by atoms with van der Waals surface area (Å²) in [6.07, 6.45) is 1.97. The number of ether oxygens (including phenoxy) is 3. The lowest BCUT2D eigenvalue weighted by Crippen LogP contribution is -2.64. The summed E-state index contributed by atoms with van der Waals surface area (Å²) in [4.78, 5) is 81.6. The first-order chi connectivity index (χ1) is 25.6. The molecule has 0 aromatic heterocycles. The van der Waals surface area contributed by atoms with Crippen molar-refractivity contribution in [3.05, 3.63) is 71.8 Å². The Morgan fingerprint density at radius 3 is 2.13 bits per heavy atom. The van der Waals surface area contributed by atoms with Crippen LogP contribution < -0.4 is 16.0 Å². The minimum Gasteiger partial charge on any atom is -0.462 e. The third kappa shape index (κ3) is 13.2. The highest BCUT2D eigenvalue weighted by atomic mass is 16.6. The molecule has 1 fully saturated rings. The second-order valence-corrected chi connectivity index (χ2v) is 15.0. The number of hydrogen-bond donors (Lipinski definition) is 3. The van der Waals surface area contributed by atoms with Gasteiger partial charge in [-0.15, -0.1) is 0 Å². The summed E-state index contributed by atoms with van der Waals surface area (Å²) < 4.78 is 16.3. The molecule has 0 bridgehead atoms. The molecule has 1 heterocycles. The summed E-state index contributed by atoms with van der Waals surface area (Å²) in [6, 6.07) is 15.1. The Morgan fingerprint density at radius 1 is 0.870 bits per heavy atom. The summed E-state index contributed by atoms with van der Waals surface area (Å²) in [5.74, 6) is -2.84. The topological polar surface area (TPSA) is 169 Å². The zero-order valence-corrected chi connectivity index (χ0v) is 32.8. The second-order valence-electron chi connectivity index (χ2n) is 15.0. The maximum Gasteiger partial charge on any atom is 0.408 e. The third-order valence-corrected chi connectivity index (χ3v) is 9.54. The van der Waals surface area contributed by atoms with Crippen LogP contribution in [0.1, 0.15) is 109 Å². The van der Waals surface area contributed by atoms with Gasteiger partial charge in [0.05, 0.1) is 12.2 Å². The Morgan fingerprint density at radius 2 is 1.52 bits per heavy atom. The fourth-order valence-corrected chi connectivity index (χ4v) is 5.92. The molecule has 1 aliphatic rings. The number of carbonyl (C=O) groups excluding carboxylic acids is 6. The number of nitrogens with zero attached hydrogens (tertiary/aromatic N) is 1. The Hall–Kier alpha value is -4.94. The molecule has 1 aliphatic heterocycles. The molecular weight excluding hydrogens is 692 g/mol. The van der Waals surface area contributed by atoms with Gasteiger partial charge in [0, 0.05) is 6.54 Å². The third-order valence-electron chi connectivity index (χ3n) is 9.54. The summed E-state index contributed by atoms with van der Waals surface area (Å²) in [6.45, 7) is 12.7. The van der Waals surface area contributed by atoms with Gasteiger partial charge in [0.25, 0.3) is 0 Å². The van der Waals surface area contributed by atoms with Crippen LogP contribution in [0.15, 0.2) is 60.7 Å². The molecule has 4 amide bonds. The lowest BCUT2D eigenvalue weighted by atomic mass is 9.92. The number of unbranched alkanes of at least 4 members (excludes halogenated alkanes) is 1. The highest BCUT2D eigenvalue weighted by molar-refractivity contribution is 5.97. The molecule has 3 N–H and O–H groups in total. The van der Waals surface area contributed by atoms with Gasteiger partial charge in [-0.2, -0.15) is 0 Å². The molecule has 13 heteroatoms. The first-order valence-electron chi connectivity index (χ1n) is 18.9. The van der Waals surface area contributed by atoms with E-state index >= 15 is 0 Å². The van der Waals surface area contributed by atoms with Crippen molar-refractivity contribution in [3.63, 3.8) is 0 Å². The molecule has 2 aromatic carbocycles. The standard InChI is InChI=1S/C41H58N4O9/c1-8-28(3)33(35(47)45-25-18-24-32(45)37(49)53-27-29-19-12-10-13-20-29)43-38(50)41(7,9-2)44-34(46)31(42-39(51)54-40(4,5)6)23-16-17-26-52-36(48)30-21-14-11-15-22-30/h10-15,19-22,28,31-33H,8-9,16-18,23-27H2,1-7H3,(H,42,51)(H,43,50)(H,44,46)/t28-,31-,32+,33-,41-/m0/s1. The van der Waals surface area contributed by atoms with E-state index in [1.807, 2.05) is 44.2 Å². The van der Waals surface area contributed by atoms with E-state index in [1.165, 1.54) is 4.90 Å². The largest absolute Gasteiger partial charge is 0.462 e. The summed E-state index contributed by atoms with van der Waals surface area (Å²) in [5, 5.41) is 8.34. The average Bonchev–Trinajstić information content (AvgIpc) is 3.65. The molecular formula is C41H58N4O9. The maximum atomic E-state index is 14.1. The van der Waals surface area contributed by atoms with E-state index in [2.05, 4.69) is 16.0 Å². The Labute approximate surface area is 319 Å². The van der Waals surface area contributed by atoms with Crippen LogP contribution in [0.4, 0.5) is 4.79 Å². The molecule has 5 atom stereocenters. The van der Waals surface area contributed by atoms with Gasteiger partial charge in [-0.25, -0.2) is 14.4 Å². The van der Waals surface area contributed by atoms with Crippen LogP contribution >= 0.6 is 0 Å². The fourth-order valence-electron chi connectivity index (χ4n) is 5.92. The number of hydrogen-bond acceptors (Lipinski definition) is 9. The van der Waals surface area contributed by atoms with Gasteiger partial charge >= 0.3 is 18.0 Å². The predicted molar refractivity (Wildman–Crippen MR) is 203 cm³/mol. The van der Waals surface area contributed by atoms with Gasteiger partial charge in [0.15, 0.2) is 0 Å². The van der Waals surface area contributed by atoms with Crippen molar-refractivity contribution in [3.8, 4) is 0 Å². The number of esters is 2. The van der Waals surface area contributed by atoms with Crippen LogP contribution in [-0.4, -0.2) is 83.1 Å². The van der Waals surface area contributed by atoms with E-state index < -0.39 is 59.1 Å². The Balaban J connectivity index is 1.69. The zero-order chi connectivity index (χ0) is 39.9. The van der Waals surface area contributed by atoms with E-state index in [0.29, 0.717) is 44.2 Å². The van der Waals surface area contributed by atoms with Crippen molar-refractivity contribution < 1.29 is 43.0 Å². The second kappa shape index (κ2) is 20.5. The van der Waals surface area contributed by atoms with Gasteiger partial charge in [0.2, 0.25) is 17.7 Å². The van der Waals surface area contributed by atoms with Crippen LogP contribution in [0.5, 0.6) is 0 Å². The molecule has 2 aromatic rings. The first kappa shape index (κ1) is 43.5. The van der Waals surface area contributed by atoms with Gasteiger partial charge in [-0.05, 0) is 89.8 Å². The van der Waals surface area contributed by atoms with E-state index in [-0.39, 0.29) is 37.9 Å². The van der Waals surface area contributed by atoms with Crippen LogP contribution in [0.3, 0.4) is 0 Å². The van der Waals surface area contributed by atoms with Crippen molar-refractivity contribution in [2.45, 2.75) is 129 Å². The molecule has 0 unspecified atom stereocenters. The van der Waals surface area contributed by atoms with Crippen molar-refractivity contribution >= 4 is 35.8 Å². The number of likely N-dealkylation sites (tertiary alicyclic amines) is 1. The summed E-state index contributed by atoms with van der Waals surface area (Å²) in [5.41, 5.74) is -1.03. The average molecular weight is 751 g/mol. The SMILES string of the molecule is CC[C@H](C)[C@H](NC(=O)[C@](C)(CC)NC(=O)[C@H](CCCCOC(=O)c1ccccc1)NC(=O)OC(C)(C)C)C(=O)N1CCC[C@@H]1C(=O)OCc1ccccc1. The van der Waals surface area contributed by atoms with Gasteiger partial charge < -0.3 is 35.1 Å². The predicted octanol–water partition coefficient (Wildman–Crippen LogP) is 5.46. The van der Waals surface area contributed by atoms with E-state index in [4.69, 9.17) is 14.2 Å². The number of alkyl carbamates (subject to hydrolysis) is 1. The monoisotopic (exact) mass is 750 g/mol. The number of nitrogens with one attached hydrogen (secondary N) is 3. The Bertz CT molecular complexity index is 1560. The zero-order valence-electron chi connectivity index (χ0n) is 32.8. The molecule has 0 spiro atoms. The van der Waals surface area contributed by atoms with Crippen molar-refractivity contribution in [1.29, 1.82) is 0 Å².